The molecule has 10 heteroatoms. The van der Waals surface area contributed by atoms with Crippen LogP contribution in [0.4, 0.5) is 10.8 Å². The zero-order valence-corrected chi connectivity index (χ0v) is 23.6. The van der Waals surface area contributed by atoms with Gasteiger partial charge in [-0.3, -0.25) is 24.5 Å². The zero-order chi connectivity index (χ0) is 29.5. The van der Waals surface area contributed by atoms with Crippen LogP contribution in [0.5, 0.6) is 0 Å². The average molecular weight is 583 g/mol. The third-order valence-electron chi connectivity index (χ3n) is 7.08. The van der Waals surface area contributed by atoms with Crippen LogP contribution in [0.2, 0.25) is 0 Å². The third-order valence-corrected chi connectivity index (χ3v) is 7.76. The van der Waals surface area contributed by atoms with Gasteiger partial charge in [0.25, 0.3) is 11.8 Å². The number of aromatic nitrogens is 1. The molecule has 0 radical (unpaired) electrons. The van der Waals surface area contributed by atoms with E-state index in [-0.39, 0.29) is 24.1 Å². The fourth-order valence-corrected chi connectivity index (χ4v) is 5.52. The van der Waals surface area contributed by atoms with Gasteiger partial charge in [-0.15, -0.1) is 11.3 Å². The van der Waals surface area contributed by atoms with Crippen LogP contribution in [0, 0.1) is 0 Å². The molecule has 0 bridgehead atoms. The summed E-state index contributed by atoms with van der Waals surface area (Å²) in [5.74, 6) is -1.48. The number of hydrogen-bond acceptors (Lipinski definition) is 6. The smallest absolute Gasteiger partial charge is 0.303 e. The van der Waals surface area contributed by atoms with E-state index in [4.69, 9.17) is 5.11 Å². The molecule has 214 valence electrons. The molecule has 0 aliphatic carbocycles. The normalized spacial score (nSPS) is 13.0. The number of unbranched alkanes of at least 4 members (excludes halogenated alkanes) is 2. The standard InChI is InChI=1S/C32H30N4O5S/c37-27(9-5-2-6-10-28(38)39)34-25-15-13-21(14-16-25)23-11-12-24-20-36(31(41)26(24)19-23)29(22-7-3-1-4-8-22)30(40)35-32-33-17-18-42-32/h1,3-4,7-8,11-19,29H,2,5-6,9-10,20H2,(H,34,37)(H,38,39)(H,33,35,40). The van der Waals surface area contributed by atoms with E-state index in [9.17, 15) is 19.2 Å². The van der Waals surface area contributed by atoms with Crippen molar-refractivity contribution in [1.29, 1.82) is 0 Å². The lowest BCUT2D eigenvalue weighted by molar-refractivity contribution is -0.137. The lowest BCUT2D eigenvalue weighted by Crippen LogP contribution is -2.37. The first-order valence-corrected chi connectivity index (χ1v) is 14.6. The van der Waals surface area contributed by atoms with Gasteiger partial charge in [0.15, 0.2) is 5.13 Å². The molecule has 0 fully saturated rings. The van der Waals surface area contributed by atoms with Gasteiger partial charge < -0.3 is 15.3 Å². The van der Waals surface area contributed by atoms with Crippen molar-refractivity contribution in [3.05, 3.63) is 101 Å². The molecule has 5 rings (SSSR count). The minimum absolute atomic E-state index is 0.117. The van der Waals surface area contributed by atoms with Crippen LogP contribution < -0.4 is 10.6 Å². The topological polar surface area (TPSA) is 129 Å². The van der Waals surface area contributed by atoms with Crippen molar-refractivity contribution in [2.75, 3.05) is 10.6 Å². The molecule has 2 heterocycles. The molecule has 9 nitrogen and oxygen atoms in total. The largest absolute Gasteiger partial charge is 0.481 e. The van der Waals surface area contributed by atoms with Gasteiger partial charge in [-0.25, -0.2) is 4.98 Å². The maximum absolute atomic E-state index is 13.7. The lowest BCUT2D eigenvalue weighted by atomic mass is 10.00. The molecule has 0 spiro atoms. The Bertz CT molecular complexity index is 1570. The minimum atomic E-state index is -0.823. The van der Waals surface area contributed by atoms with E-state index in [2.05, 4.69) is 15.6 Å². The SMILES string of the molecule is O=C(O)CCCCCC(=O)Nc1ccc(-c2ccc3c(c2)C(=O)N(C(C(=O)Nc2nccs2)c2ccccc2)C3)cc1. The monoisotopic (exact) mass is 582 g/mol. The molecule has 1 unspecified atom stereocenters. The summed E-state index contributed by atoms with van der Waals surface area (Å²) in [5, 5.41) is 16.7. The van der Waals surface area contributed by atoms with Gasteiger partial charge in [0.1, 0.15) is 6.04 Å². The Morgan fingerprint density at radius 2 is 1.64 bits per heavy atom. The minimum Gasteiger partial charge on any atom is -0.481 e. The number of amides is 3. The molecule has 4 aromatic rings. The summed E-state index contributed by atoms with van der Waals surface area (Å²) < 4.78 is 0. The molecule has 1 aliphatic rings. The Morgan fingerprint density at radius 1 is 0.905 bits per heavy atom. The van der Waals surface area contributed by atoms with Crippen LogP contribution in [0.25, 0.3) is 11.1 Å². The Hall–Kier alpha value is -4.83. The number of aliphatic carboxylic acids is 1. The predicted molar refractivity (Wildman–Crippen MR) is 161 cm³/mol. The molecule has 1 atom stereocenters. The second-order valence-electron chi connectivity index (χ2n) is 10.0. The average Bonchev–Trinajstić information content (AvgIpc) is 3.61. The number of anilines is 2. The highest BCUT2D eigenvalue weighted by Crippen LogP contribution is 2.35. The summed E-state index contributed by atoms with van der Waals surface area (Å²) in [6.07, 6.45) is 3.95. The number of benzene rings is 3. The van der Waals surface area contributed by atoms with Crippen molar-refractivity contribution in [2.45, 2.75) is 44.7 Å². The van der Waals surface area contributed by atoms with E-state index >= 15 is 0 Å². The van der Waals surface area contributed by atoms with E-state index in [1.165, 1.54) is 11.3 Å². The van der Waals surface area contributed by atoms with Crippen LogP contribution in [0.3, 0.4) is 0 Å². The fourth-order valence-electron chi connectivity index (χ4n) is 4.99. The number of rotatable bonds is 12. The molecule has 1 aliphatic heterocycles. The second-order valence-corrected chi connectivity index (χ2v) is 10.9. The highest BCUT2D eigenvalue weighted by Gasteiger charge is 2.37. The van der Waals surface area contributed by atoms with Crippen molar-refractivity contribution in [2.24, 2.45) is 0 Å². The number of hydrogen-bond donors (Lipinski definition) is 3. The number of thiazole rings is 1. The van der Waals surface area contributed by atoms with Crippen LogP contribution in [0.15, 0.2) is 84.4 Å². The number of carboxylic acids is 1. The maximum atomic E-state index is 13.7. The Kier molecular flexibility index (Phi) is 9.03. The maximum Gasteiger partial charge on any atom is 0.303 e. The first kappa shape index (κ1) is 28.7. The quantitative estimate of drug-likeness (QED) is 0.173. The summed E-state index contributed by atoms with van der Waals surface area (Å²) in [7, 11) is 0. The van der Waals surface area contributed by atoms with Gasteiger partial charge in [0.2, 0.25) is 5.91 Å². The molecule has 0 saturated heterocycles. The molecule has 42 heavy (non-hydrogen) atoms. The van der Waals surface area contributed by atoms with E-state index in [1.54, 1.807) is 16.5 Å². The van der Waals surface area contributed by atoms with Crippen molar-refractivity contribution < 1.29 is 24.3 Å². The van der Waals surface area contributed by atoms with E-state index in [0.29, 0.717) is 54.2 Å². The molecular weight excluding hydrogens is 552 g/mol. The number of nitrogens with one attached hydrogen (secondary N) is 2. The van der Waals surface area contributed by atoms with Crippen molar-refractivity contribution in [3.63, 3.8) is 0 Å². The first-order chi connectivity index (χ1) is 20.4. The lowest BCUT2D eigenvalue weighted by Gasteiger charge is -2.27. The second kappa shape index (κ2) is 13.2. The predicted octanol–water partition coefficient (Wildman–Crippen LogP) is 6.12. The van der Waals surface area contributed by atoms with E-state index in [1.807, 2.05) is 72.8 Å². The van der Waals surface area contributed by atoms with Crippen molar-refractivity contribution in [1.82, 2.24) is 9.88 Å². The van der Waals surface area contributed by atoms with Gasteiger partial charge in [-0.05, 0) is 53.3 Å². The number of carboxylic acid groups (broad SMARTS) is 1. The van der Waals surface area contributed by atoms with E-state index < -0.39 is 12.0 Å². The number of carbonyl (C=O) groups excluding carboxylic acids is 3. The van der Waals surface area contributed by atoms with Crippen LogP contribution >= 0.6 is 11.3 Å². The molecule has 3 N–H and O–H groups in total. The summed E-state index contributed by atoms with van der Waals surface area (Å²) in [6.45, 7) is 0.306. The number of nitrogens with zero attached hydrogens (tertiary/aromatic N) is 2. The molecule has 3 amide bonds. The zero-order valence-electron chi connectivity index (χ0n) is 22.8. The molecule has 1 aromatic heterocycles. The van der Waals surface area contributed by atoms with Gasteiger partial charge in [0.05, 0.1) is 0 Å². The Balaban J connectivity index is 1.27. The van der Waals surface area contributed by atoms with Gasteiger partial charge in [0, 0.05) is 42.2 Å². The number of carbonyl (C=O) groups is 4. The van der Waals surface area contributed by atoms with E-state index in [0.717, 1.165) is 16.7 Å². The van der Waals surface area contributed by atoms with Gasteiger partial charge in [-0.1, -0.05) is 61.0 Å². The molecular formula is C32H30N4O5S. The van der Waals surface area contributed by atoms with Crippen LogP contribution in [0.1, 0.15) is 59.6 Å². The highest BCUT2D eigenvalue weighted by molar-refractivity contribution is 7.13. The summed E-state index contributed by atoms with van der Waals surface area (Å²) in [4.78, 5) is 55.7. The van der Waals surface area contributed by atoms with Crippen LogP contribution in [-0.2, 0) is 20.9 Å². The fraction of sp³-hybridized carbons (Fsp3) is 0.219. The first-order valence-electron chi connectivity index (χ1n) is 13.7. The third kappa shape index (κ3) is 6.90. The molecule has 0 saturated carbocycles. The van der Waals surface area contributed by atoms with Gasteiger partial charge in [-0.2, -0.15) is 0 Å². The Morgan fingerprint density at radius 3 is 2.36 bits per heavy atom. The summed E-state index contributed by atoms with van der Waals surface area (Å²) in [5.41, 5.74) is 4.51. The van der Waals surface area contributed by atoms with Gasteiger partial charge >= 0.3 is 5.97 Å². The number of fused-ring (bicyclic) bond motifs is 1. The molecule has 3 aromatic carbocycles. The Labute approximate surface area is 247 Å². The summed E-state index contributed by atoms with van der Waals surface area (Å²) >= 11 is 1.32. The highest BCUT2D eigenvalue weighted by atomic mass is 32.1. The van der Waals surface area contributed by atoms with Crippen molar-refractivity contribution in [3.8, 4) is 11.1 Å². The van der Waals surface area contributed by atoms with Crippen molar-refractivity contribution >= 4 is 45.8 Å². The van der Waals surface area contributed by atoms with Crippen LogP contribution in [-0.4, -0.2) is 38.7 Å². The summed E-state index contributed by atoms with van der Waals surface area (Å²) in [6, 6.07) is 21.5.